The van der Waals surface area contributed by atoms with E-state index >= 15 is 0 Å². The molecule has 1 amide bonds. The molecule has 3 aromatic rings. The second-order valence-electron chi connectivity index (χ2n) is 10.3. The van der Waals surface area contributed by atoms with E-state index < -0.39 is 15.6 Å². The van der Waals surface area contributed by atoms with Crippen LogP contribution in [0.5, 0.6) is 0 Å². The fourth-order valence-electron chi connectivity index (χ4n) is 5.01. The zero-order valence-electron chi connectivity index (χ0n) is 23.3. The maximum Gasteiger partial charge on any atom is 0.242 e. The highest BCUT2D eigenvalue weighted by atomic mass is 32.2. The van der Waals surface area contributed by atoms with E-state index in [0.717, 1.165) is 15.6 Å². The second kappa shape index (κ2) is 12.6. The number of sulfonamides is 1. The zero-order chi connectivity index (χ0) is 29.6. The quantitative estimate of drug-likeness (QED) is 0.330. The fraction of sp³-hybridized carbons (Fsp3) is 0.345. The van der Waals surface area contributed by atoms with E-state index in [4.69, 9.17) is 5.10 Å². The third kappa shape index (κ3) is 6.48. The monoisotopic (exact) mass is 579 g/mol. The van der Waals surface area contributed by atoms with Crippen LogP contribution in [0.2, 0.25) is 0 Å². The van der Waals surface area contributed by atoms with Gasteiger partial charge in [-0.3, -0.25) is 14.4 Å². The lowest BCUT2D eigenvalue weighted by atomic mass is 9.84. The van der Waals surface area contributed by atoms with Crippen LogP contribution in [0.25, 0.3) is 6.08 Å². The Labute approximate surface area is 240 Å². The van der Waals surface area contributed by atoms with Crippen LogP contribution in [0.1, 0.15) is 36.1 Å². The van der Waals surface area contributed by atoms with Gasteiger partial charge in [-0.25, -0.2) is 17.1 Å². The summed E-state index contributed by atoms with van der Waals surface area (Å²) < 4.78 is 42.2. The first kappa shape index (κ1) is 29.9. The van der Waals surface area contributed by atoms with Crippen molar-refractivity contribution in [1.29, 1.82) is 5.26 Å². The molecule has 10 nitrogen and oxygen atoms in total. The van der Waals surface area contributed by atoms with E-state index in [0.29, 0.717) is 56.0 Å². The number of nitriles is 1. The molecule has 41 heavy (non-hydrogen) atoms. The maximum atomic E-state index is 14.3. The first-order valence-corrected chi connectivity index (χ1v) is 14.6. The second-order valence-corrected chi connectivity index (χ2v) is 12.4. The fourth-order valence-corrected chi connectivity index (χ4v) is 5.92. The molecule has 216 valence electrons. The molecule has 1 saturated heterocycles. The summed E-state index contributed by atoms with van der Waals surface area (Å²) >= 11 is 0. The van der Waals surface area contributed by atoms with Gasteiger partial charge in [-0.05, 0) is 56.2 Å². The Kier molecular flexibility index (Phi) is 9.22. The van der Waals surface area contributed by atoms with Crippen molar-refractivity contribution in [2.45, 2.75) is 43.2 Å². The van der Waals surface area contributed by atoms with Crippen LogP contribution >= 0.6 is 0 Å². The summed E-state index contributed by atoms with van der Waals surface area (Å²) in [5, 5.41) is 20.5. The summed E-state index contributed by atoms with van der Waals surface area (Å²) in [7, 11) is -0.601. The molecule has 0 atom stereocenters. The molecule has 0 radical (unpaired) electrons. The van der Waals surface area contributed by atoms with Crippen LogP contribution in [0, 0.1) is 24.1 Å². The molecule has 2 aromatic carbocycles. The molecule has 4 rings (SSSR count). The Balaban J connectivity index is 1.64. The van der Waals surface area contributed by atoms with Gasteiger partial charge in [-0.2, -0.15) is 10.4 Å². The number of hydrogen-bond donors (Lipinski definition) is 2. The van der Waals surface area contributed by atoms with Crippen molar-refractivity contribution in [2.24, 2.45) is 0 Å². The smallest absolute Gasteiger partial charge is 0.242 e. The molecule has 0 spiro atoms. The molecule has 1 aliphatic heterocycles. The highest BCUT2D eigenvalue weighted by Crippen LogP contribution is 2.38. The summed E-state index contributed by atoms with van der Waals surface area (Å²) in [5.41, 5.74) is 2.19. The van der Waals surface area contributed by atoms with Crippen molar-refractivity contribution in [1.82, 2.24) is 24.3 Å². The van der Waals surface area contributed by atoms with Crippen molar-refractivity contribution in [3.63, 3.8) is 0 Å². The van der Waals surface area contributed by atoms with Crippen molar-refractivity contribution < 1.29 is 17.6 Å². The third-order valence-corrected chi connectivity index (χ3v) is 9.29. The highest BCUT2D eigenvalue weighted by molar-refractivity contribution is 7.89. The Bertz CT molecular complexity index is 1550. The normalized spacial score (nSPS) is 15.6. The number of halogens is 1. The molecular weight excluding hydrogens is 545 g/mol. The lowest BCUT2D eigenvalue weighted by Gasteiger charge is -2.41. The number of amides is 1. The number of likely N-dealkylation sites (tertiary alicyclic amines) is 1. The van der Waals surface area contributed by atoms with Gasteiger partial charge < -0.3 is 10.6 Å². The van der Waals surface area contributed by atoms with Gasteiger partial charge in [0.25, 0.3) is 0 Å². The lowest BCUT2D eigenvalue weighted by Crippen LogP contribution is -2.46. The molecule has 1 aliphatic rings. The van der Waals surface area contributed by atoms with Crippen LogP contribution < -0.4 is 10.6 Å². The average molecular weight is 580 g/mol. The molecule has 2 N–H and O–H groups in total. The van der Waals surface area contributed by atoms with Gasteiger partial charge in [0, 0.05) is 56.7 Å². The van der Waals surface area contributed by atoms with Crippen LogP contribution in [-0.2, 0) is 26.9 Å². The summed E-state index contributed by atoms with van der Waals surface area (Å²) in [6.45, 7) is 3.67. The van der Waals surface area contributed by atoms with Crippen molar-refractivity contribution in [2.75, 3.05) is 32.5 Å². The molecular formula is C29H34FN7O3S. The minimum absolute atomic E-state index is 0.175. The van der Waals surface area contributed by atoms with Crippen LogP contribution in [0.3, 0.4) is 0 Å². The van der Waals surface area contributed by atoms with E-state index in [1.54, 1.807) is 30.3 Å². The molecule has 0 bridgehead atoms. The molecule has 0 aliphatic carbocycles. The number of benzene rings is 2. The summed E-state index contributed by atoms with van der Waals surface area (Å²) in [6, 6.07) is 15.5. The Morgan fingerprint density at radius 1 is 1.15 bits per heavy atom. The highest BCUT2D eigenvalue weighted by Gasteiger charge is 2.39. The van der Waals surface area contributed by atoms with E-state index in [9.17, 15) is 22.9 Å². The lowest BCUT2D eigenvalue weighted by molar-refractivity contribution is -0.108. The predicted molar refractivity (Wildman–Crippen MR) is 155 cm³/mol. The molecule has 12 heteroatoms. The van der Waals surface area contributed by atoms with Gasteiger partial charge in [0.1, 0.15) is 5.82 Å². The van der Waals surface area contributed by atoms with E-state index in [2.05, 4.69) is 21.6 Å². The number of aromatic nitrogens is 2. The molecule has 0 saturated carbocycles. The Morgan fingerprint density at radius 3 is 2.44 bits per heavy atom. The first-order chi connectivity index (χ1) is 19.6. The number of nitrogens with one attached hydrogen (secondary N) is 2. The van der Waals surface area contributed by atoms with Crippen molar-refractivity contribution in [3.05, 3.63) is 77.4 Å². The number of carbonyl (C=O) groups excluding carboxylic acids is 1. The van der Waals surface area contributed by atoms with Gasteiger partial charge in [0.15, 0.2) is 5.82 Å². The van der Waals surface area contributed by atoms with Gasteiger partial charge in [0.05, 0.1) is 28.6 Å². The van der Waals surface area contributed by atoms with Crippen LogP contribution in [0.4, 0.5) is 15.9 Å². The Morgan fingerprint density at radius 2 is 1.83 bits per heavy atom. The van der Waals surface area contributed by atoms with Gasteiger partial charge in [-0.1, -0.05) is 18.2 Å². The summed E-state index contributed by atoms with van der Waals surface area (Å²) in [6.07, 6.45) is 5.30. The predicted octanol–water partition coefficient (Wildman–Crippen LogP) is 3.95. The number of hydrogen-bond acceptors (Lipinski definition) is 7. The van der Waals surface area contributed by atoms with Gasteiger partial charge in [-0.15, -0.1) is 0 Å². The van der Waals surface area contributed by atoms with Crippen LogP contribution in [-0.4, -0.2) is 61.0 Å². The average Bonchev–Trinajstić information content (AvgIpc) is 3.27. The minimum atomic E-state index is -3.56. The summed E-state index contributed by atoms with van der Waals surface area (Å²) in [4.78, 5) is 13.3. The van der Waals surface area contributed by atoms with Gasteiger partial charge in [0.2, 0.25) is 16.4 Å². The topological polar surface area (TPSA) is 123 Å². The molecule has 2 heterocycles. The van der Waals surface area contributed by atoms with Crippen molar-refractivity contribution >= 4 is 34.0 Å². The van der Waals surface area contributed by atoms with E-state index in [1.165, 1.54) is 38.5 Å². The Hall–Kier alpha value is -4.05. The third-order valence-electron chi connectivity index (χ3n) is 7.46. The number of anilines is 2. The summed E-state index contributed by atoms with van der Waals surface area (Å²) in [5.74, 6) is 0.312. The van der Waals surface area contributed by atoms with E-state index in [1.807, 2.05) is 17.7 Å². The minimum Gasteiger partial charge on any atom is -0.339 e. The largest absolute Gasteiger partial charge is 0.339 e. The molecule has 1 fully saturated rings. The SMILES string of the molecule is Cc1c(Nc2ccc(S(=O)(=O)N(C)C)cc2)nn(C2(CC#N)CCN(Cc3ccccc3F)CC2)c1/C=C\NC=O. The van der Waals surface area contributed by atoms with Crippen LogP contribution in [0.15, 0.2) is 59.6 Å². The van der Waals surface area contributed by atoms with Crippen molar-refractivity contribution in [3.8, 4) is 6.07 Å². The molecule has 1 aromatic heterocycles. The number of piperidine rings is 1. The number of carbonyl (C=O) groups is 1. The zero-order valence-corrected chi connectivity index (χ0v) is 24.2. The molecule has 0 unspecified atom stereocenters. The maximum absolute atomic E-state index is 14.3. The number of rotatable bonds is 11. The van der Waals surface area contributed by atoms with E-state index in [-0.39, 0.29) is 17.1 Å². The van der Waals surface area contributed by atoms with Gasteiger partial charge >= 0.3 is 0 Å². The number of nitrogens with zero attached hydrogens (tertiary/aromatic N) is 5. The first-order valence-electron chi connectivity index (χ1n) is 13.2. The standard InChI is InChI=1S/C29H34FN7O3S/c1-22-27(12-17-32-21-38)37(34-28(22)33-24-8-10-25(11-9-24)41(39,40)35(2)3)29(13-16-31)14-18-36(19-15-29)20-23-6-4-5-7-26(23)30/h4-12,17,21H,13-15,18-20H2,1-3H3,(H,32,38)(H,33,34)/b17-12-.